The molecule has 0 saturated carbocycles. The maximum Gasteiger partial charge on any atom is 0.328 e. The summed E-state index contributed by atoms with van der Waals surface area (Å²) in [5, 5.41) is 9.34. The quantitative estimate of drug-likeness (QED) is 0.912. The second-order valence-corrected chi connectivity index (χ2v) is 5.97. The molecule has 0 radical (unpaired) electrons. The van der Waals surface area contributed by atoms with Crippen molar-refractivity contribution in [3.8, 4) is 5.75 Å². The van der Waals surface area contributed by atoms with Gasteiger partial charge in [-0.05, 0) is 42.5 Å². The van der Waals surface area contributed by atoms with Gasteiger partial charge in [-0.25, -0.2) is 4.79 Å². The van der Waals surface area contributed by atoms with Gasteiger partial charge in [0.1, 0.15) is 5.75 Å². The fraction of sp³-hybridized carbons (Fsp3) is 0.529. The molecular weight excluding hydrogens is 298 g/mol. The number of rotatable bonds is 3. The number of carbonyl (C=O) groups is 2. The molecule has 0 aromatic heterocycles. The van der Waals surface area contributed by atoms with E-state index in [9.17, 15) is 14.7 Å². The minimum Gasteiger partial charge on any atom is -0.497 e. The van der Waals surface area contributed by atoms with Gasteiger partial charge in [0.2, 0.25) is 5.91 Å². The van der Waals surface area contributed by atoms with Crippen LogP contribution in [0.15, 0.2) is 18.2 Å². The van der Waals surface area contributed by atoms with Gasteiger partial charge in [0.25, 0.3) is 0 Å². The van der Waals surface area contributed by atoms with E-state index < -0.39 is 12.0 Å². The highest BCUT2D eigenvalue weighted by atomic mass is 16.5. The van der Waals surface area contributed by atoms with Crippen LogP contribution in [0.1, 0.15) is 29.9 Å². The van der Waals surface area contributed by atoms with Crippen LogP contribution in [0.2, 0.25) is 0 Å². The van der Waals surface area contributed by atoms with Crippen molar-refractivity contribution in [3.05, 3.63) is 29.3 Å². The van der Waals surface area contributed by atoms with Gasteiger partial charge in [-0.1, -0.05) is 6.07 Å². The monoisotopic (exact) mass is 319 g/mol. The second-order valence-electron chi connectivity index (χ2n) is 5.97. The van der Waals surface area contributed by atoms with E-state index in [1.165, 1.54) is 4.90 Å². The zero-order valence-corrected chi connectivity index (χ0v) is 13.2. The zero-order chi connectivity index (χ0) is 16.4. The first-order valence-corrected chi connectivity index (χ1v) is 7.89. The molecule has 124 valence electrons. The predicted octanol–water partition coefficient (Wildman–Crippen LogP) is 1.43. The number of morpholine rings is 1. The number of carbonyl (C=O) groups excluding carboxylic acids is 1. The highest BCUT2D eigenvalue weighted by Gasteiger charge is 2.38. The molecule has 6 heteroatoms. The van der Waals surface area contributed by atoms with E-state index in [0.29, 0.717) is 13.2 Å². The van der Waals surface area contributed by atoms with Gasteiger partial charge in [-0.15, -0.1) is 0 Å². The van der Waals surface area contributed by atoms with E-state index in [1.54, 1.807) is 7.11 Å². The third-order valence-corrected chi connectivity index (χ3v) is 4.66. The first-order chi connectivity index (χ1) is 11.1. The van der Waals surface area contributed by atoms with E-state index in [1.807, 2.05) is 18.2 Å². The Balaban J connectivity index is 1.90. The summed E-state index contributed by atoms with van der Waals surface area (Å²) in [6, 6.07) is 4.92. The van der Waals surface area contributed by atoms with Gasteiger partial charge in [-0.3, -0.25) is 4.79 Å². The Bertz CT molecular complexity index is 615. The smallest absolute Gasteiger partial charge is 0.328 e. The molecular formula is C17H21NO5. The average Bonchev–Trinajstić information content (AvgIpc) is 2.60. The van der Waals surface area contributed by atoms with E-state index in [-0.39, 0.29) is 18.4 Å². The van der Waals surface area contributed by atoms with Crippen molar-refractivity contribution in [2.75, 3.05) is 26.9 Å². The van der Waals surface area contributed by atoms with E-state index in [2.05, 4.69) is 0 Å². The van der Waals surface area contributed by atoms with Gasteiger partial charge in [0.05, 0.1) is 26.2 Å². The molecule has 1 fully saturated rings. The van der Waals surface area contributed by atoms with E-state index in [0.717, 1.165) is 36.1 Å². The number of hydrogen-bond acceptors (Lipinski definition) is 4. The van der Waals surface area contributed by atoms with E-state index in [4.69, 9.17) is 9.47 Å². The molecule has 1 aliphatic carbocycles. The summed E-state index contributed by atoms with van der Waals surface area (Å²) in [5.74, 6) is -0.705. The first-order valence-electron chi connectivity index (χ1n) is 7.89. The normalized spacial score (nSPS) is 24.0. The van der Waals surface area contributed by atoms with E-state index >= 15 is 0 Å². The Hall–Kier alpha value is -2.08. The SMILES string of the molecule is COc1ccc2c(c1)C(C(=O)N1CCOCC1C(=O)O)CCC2. The zero-order valence-electron chi connectivity index (χ0n) is 13.2. The maximum atomic E-state index is 13.0. The van der Waals surface area contributed by atoms with Crippen LogP contribution in [-0.2, 0) is 20.7 Å². The first kappa shape index (κ1) is 15.8. The van der Waals surface area contributed by atoms with Crippen molar-refractivity contribution < 1.29 is 24.2 Å². The molecule has 1 aromatic rings. The molecule has 1 N–H and O–H groups in total. The molecule has 3 rings (SSSR count). The van der Waals surface area contributed by atoms with Crippen molar-refractivity contribution in [1.82, 2.24) is 4.90 Å². The van der Waals surface area contributed by atoms with Gasteiger partial charge in [-0.2, -0.15) is 0 Å². The number of amides is 1. The lowest BCUT2D eigenvalue weighted by Gasteiger charge is -2.36. The van der Waals surface area contributed by atoms with Crippen LogP contribution < -0.4 is 4.74 Å². The predicted molar refractivity (Wildman–Crippen MR) is 82.6 cm³/mol. The van der Waals surface area contributed by atoms with Crippen LogP contribution in [0.5, 0.6) is 5.75 Å². The molecule has 6 nitrogen and oxygen atoms in total. The number of aliphatic carboxylic acids is 1. The molecule has 1 aliphatic heterocycles. The van der Waals surface area contributed by atoms with Crippen LogP contribution in [0.25, 0.3) is 0 Å². The van der Waals surface area contributed by atoms with Gasteiger partial charge < -0.3 is 19.5 Å². The van der Waals surface area contributed by atoms with Crippen LogP contribution >= 0.6 is 0 Å². The summed E-state index contributed by atoms with van der Waals surface area (Å²) in [6.45, 7) is 0.761. The molecule has 1 heterocycles. The minimum absolute atomic E-state index is 0.0543. The summed E-state index contributed by atoms with van der Waals surface area (Å²) in [7, 11) is 1.60. The van der Waals surface area contributed by atoms with Crippen molar-refractivity contribution in [3.63, 3.8) is 0 Å². The molecule has 2 unspecified atom stereocenters. The number of carboxylic acid groups (broad SMARTS) is 1. The number of ether oxygens (including phenoxy) is 2. The molecule has 2 aliphatic rings. The van der Waals surface area contributed by atoms with Crippen LogP contribution in [0.3, 0.4) is 0 Å². The maximum absolute atomic E-state index is 13.0. The number of carboxylic acids is 1. The summed E-state index contributed by atoms with van der Waals surface area (Å²) in [5.41, 5.74) is 2.12. The topological polar surface area (TPSA) is 76.1 Å². The lowest BCUT2D eigenvalue weighted by molar-refractivity contribution is -0.159. The molecule has 2 atom stereocenters. The number of hydrogen-bond donors (Lipinski definition) is 1. The Morgan fingerprint density at radius 1 is 1.39 bits per heavy atom. The minimum atomic E-state index is -1.01. The summed E-state index contributed by atoms with van der Waals surface area (Å²) in [4.78, 5) is 25.9. The summed E-state index contributed by atoms with van der Waals surface area (Å²) < 4.78 is 10.5. The lowest BCUT2D eigenvalue weighted by Crippen LogP contribution is -2.54. The fourth-order valence-corrected chi connectivity index (χ4v) is 3.43. The lowest BCUT2D eigenvalue weighted by atomic mass is 9.81. The summed E-state index contributed by atoms with van der Waals surface area (Å²) in [6.07, 6.45) is 2.61. The molecule has 1 amide bonds. The van der Waals surface area contributed by atoms with Crippen LogP contribution in [0, 0.1) is 0 Å². The van der Waals surface area contributed by atoms with Crippen molar-refractivity contribution in [2.24, 2.45) is 0 Å². The Labute approximate surface area is 135 Å². The highest BCUT2D eigenvalue weighted by Crippen LogP contribution is 2.36. The Morgan fingerprint density at radius 2 is 2.22 bits per heavy atom. The number of fused-ring (bicyclic) bond motifs is 1. The number of aryl methyl sites for hydroxylation is 1. The van der Waals surface area contributed by atoms with Crippen molar-refractivity contribution in [1.29, 1.82) is 0 Å². The standard InChI is InChI=1S/C17H21NO5/c1-22-12-6-5-11-3-2-4-13(14(11)9-12)16(19)18-7-8-23-10-15(18)17(20)21/h5-6,9,13,15H,2-4,7-8,10H2,1H3,(H,20,21). The average molecular weight is 319 g/mol. The highest BCUT2D eigenvalue weighted by molar-refractivity contribution is 5.89. The molecule has 1 aromatic carbocycles. The number of benzene rings is 1. The fourth-order valence-electron chi connectivity index (χ4n) is 3.43. The largest absolute Gasteiger partial charge is 0.497 e. The number of methoxy groups -OCH3 is 1. The molecule has 0 bridgehead atoms. The van der Waals surface area contributed by atoms with Gasteiger partial charge in [0, 0.05) is 6.54 Å². The van der Waals surface area contributed by atoms with Gasteiger partial charge >= 0.3 is 5.97 Å². The van der Waals surface area contributed by atoms with Crippen molar-refractivity contribution >= 4 is 11.9 Å². The molecule has 1 saturated heterocycles. The van der Waals surface area contributed by atoms with Crippen LogP contribution in [-0.4, -0.2) is 54.8 Å². The summed E-state index contributed by atoms with van der Waals surface area (Å²) >= 11 is 0. The van der Waals surface area contributed by atoms with Crippen LogP contribution in [0.4, 0.5) is 0 Å². The second kappa shape index (κ2) is 6.58. The Kier molecular flexibility index (Phi) is 4.52. The Morgan fingerprint density at radius 3 is 2.96 bits per heavy atom. The molecule has 23 heavy (non-hydrogen) atoms. The number of nitrogens with zero attached hydrogens (tertiary/aromatic N) is 1. The third kappa shape index (κ3) is 3.03. The molecule has 0 spiro atoms. The van der Waals surface area contributed by atoms with Crippen molar-refractivity contribution in [2.45, 2.75) is 31.2 Å². The van der Waals surface area contributed by atoms with Gasteiger partial charge in [0.15, 0.2) is 6.04 Å². The third-order valence-electron chi connectivity index (χ3n) is 4.66.